The minimum atomic E-state index is -0.441. The van der Waals surface area contributed by atoms with Crippen LogP contribution < -0.4 is 25.1 Å². The molecular weight excluding hydrogens is 759 g/mol. The standard InChI is InChI=1S/C37H35Br2FN4O5/c1-6-47-30-16-22(5)28(18-27(30)21(3)4)36-43-29-11-9-8-10-26(29)37(46)44(36)41-19-23-17-31(48-7-2)35(34(39)33(23)38)49-20-32(45)42-25-14-12-24(40)13-15-25/h8-19,21H,6-7,20H2,1-5H3,(H,42,45). The van der Waals surface area contributed by atoms with Crippen molar-refractivity contribution in [3.05, 3.63) is 109 Å². The van der Waals surface area contributed by atoms with Gasteiger partial charge in [0.25, 0.3) is 11.5 Å². The van der Waals surface area contributed by atoms with Gasteiger partial charge >= 0.3 is 0 Å². The average Bonchev–Trinajstić information content (AvgIpc) is 3.07. The Labute approximate surface area is 300 Å². The van der Waals surface area contributed by atoms with Gasteiger partial charge in [-0.3, -0.25) is 9.59 Å². The van der Waals surface area contributed by atoms with Crippen molar-refractivity contribution in [2.45, 2.75) is 40.5 Å². The number of hydrogen-bond donors (Lipinski definition) is 1. The van der Waals surface area contributed by atoms with Crippen molar-refractivity contribution in [3.8, 4) is 28.6 Å². The van der Waals surface area contributed by atoms with E-state index in [1.807, 2.05) is 45.0 Å². The van der Waals surface area contributed by atoms with Gasteiger partial charge in [0.1, 0.15) is 11.6 Å². The molecule has 1 N–H and O–H groups in total. The van der Waals surface area contributed by atoms with E-state index in [2.05, 4.69) is 56.1 Å². The molecule has 0 fully saturated rings. The monoisotopic (exact) mass is 792 g/mol. The molecule has 0 saturated carbocycles. The van der Waals surface area contributed by atoms with Gasteiger partial charge in [0, 0.05) is 21.3 Å². The van der Waals surface area contributed by atoms with Gasteiger partial charge in [0.05, 0.1) is 34.8 Å². The van der Waals surface area contributed by atoms with E-state index in [4.69, 9.17) is 19.2 Å². The van der Waals surface area contributed by atoms with Crippen molar-refractivity contribution >= 4 is 60.6 Å². The third-order valence-electron chi connectivity index (χ3n) is 7.52. The van der Waals surface area contributed by atoms with Crippen LogP contribution in [0.4, 0.5) is 10.1 Å². The average molecular weight is 795 g/mol. The molecule has 254 valence electrons. The van der Waals surface area contributed by atoms with E-state index in [-0.39, 0.29) is 23.8 Å². The molecule has 12 heteroatoms. The first-order valence-electron chi connectivity index (χ1n) is 15.7. The molecule has 0 radical (unpaired) electrons. The summed E-state index contributed by atoms with van der Waals surface area (Å²) in [4.78, 5) is 31.5. The molecule has 49 heavy (non-hydrogen) atoms. The molecule has 1 amide bonds. The lowest BCUT2D eigenvalue weighted by Crippen LogP contribution is -2.21. The van der Waals surface area contributed by atoms with Gasteiger partial charge in [-0.1, -0.05) is 26.0 Å². The normalized spacial score (nSPS) is 11.4. The molecule has 0 unspecified atom stereocenters. The van der Waals surface area contributed by atoms with Crippen LogP contribution in [0.5, 0.6) is 17.2 Å². The fourth-order valence-corrected chi connectivity index (χ4v) is 6.10. The van der Waals surface area contributed by atoms with E-state index in [0.29, 0.717) is 55.9 Å². The second kappa shape index (κ2) is 15.8. The molecule has 5 aromatic rings. The maximum Gasteiger partial charge on any atom is 0.282 e. The first-order valence-corrected chi connectivity index (χ1v) is 17.3. The van der Waals surface area contributed by atoms with E-state index in [9.17, 15) is 14.0 Å². The summed E-state index contributed by atoms with van der Waals surface area (Å²) in [5.41, 5.74) is 3.86. The zero-order valence-electron chi connectivity index (χ0n) is 27.6. The Morgan fingerprint density at radius 1 is 0.980 bits per heavy atom. The van der Waals surface area contributed by atoms with Crippen LogP contribution in [0, 0.1) is 12.7 Å². The highest BCUT2D eigenvalue weighted by Crippen LogP contribution is 2.42. The molecule has 5 rings (SSSR count). The van der Waals surface area contributed by atoms with Crippen molar-refractivity contribution in [3.63, 3.8) is 0 Å². The minimum absolute atomic E-state index is 0.157. The Balaban J connectivity index is 1.55. The Hall–Kier alpha value is -4.55. The van der Waals surface area contributed by atoms with Crippen LogP contribution in [0.15, 0.2) is 85.6 Å². The second-order valence-corrected chi connectivity index (χ2v) is 12.9. The maximum atomic E-state index is 14.0. The Kier molecular flexibility index (Phi) is 11.5. The molecule has 0 aliphatic heterocycles. The zero-order chi connectivity index (χ0) is 35.2. The summed E-state index contributed by atoms with van der Waals surface area (Å²) in [7, 11) is 0. The third kappa shape index (κ3) is 8.02. The minimum Gasteiger partial charge on any atom is -0.494 e. The number of amides is 1. The highest BCUT2D eigenvalue weighted by atomic mass is 79.9. The molecule has 0 spiro atoms. The van der Waals surface area contributed by atoms with Crippen molar-refractivity contribution in [1.29, 1.82) is 0 Å². The van der Waals surface area contributed by atoms with Crippen LogP contribution in [0.1, 0.15) is 50.3 Å². The molecule has 0 atom stereocenters. The highest BCUT2D eigenvalue weighted by molar-refractivity contribution is 9.13. The van der Waals surface area contributed by atoms with Gasteiger partial charge < -0.3 is 19.5 Å². The van der Waals surface area contributed by atoms with Gasteiger partial charge in [0.15, 0.2) is 23.9 Å². The SMILES string of the molecule is CCOc1cc(C)c(-c2nc3ccccc3c(=O)n2N=Cc2cc(OCC)c(OCC(=O)Nc3ccc(F)cc3)c(Br)c2Br)cc1C(C)C. The summed E-state index contributed by atoms with van der Waals surface area (Å²) < 4.78 is 33.3. The third-order valence-corrected chi connectivity index (χ3v) is 9.66. The lowest BCUT2D eigenvalue weighted by molar-refractivity contribution is -0.118. The second-order valence-electron chi connectivity index (χ2n) is 11.3. The smallest absolute Gasteiger partial charge is 0.282 e. The van der Waals surface area contributed by atoms with Crippen LogP contribution in [0.3, 0.4) is 0 Å². The van der Waals surface area contributed by atoms with Crippen molar-refractivity contribution in [2.75, 3.05) is 25.1 Å². The van der Waals surface area contributed by atoms with E-state index < -0.39 is 11.7 Å². The van der Waals surface area contributed by atoms with Gasteiger partial charge in [-0.2, -0.15) is 9.78 Å². The number of rotatable bonds is 12. The van der Waals surface area contributed by atoms with Crippen LogP contribution in [-0.2, 0) is 4.79 Å². The number of halogens is 3. The largest absolute Gasteiger partial charge is 0.494 e. The summed E-state index contributed by atoms with van der Waals surface area (Å²) in [6, 6.07) is 18.3. The van der Waals surface area contributed by atoms with Crippen molar-refractivity contribution in [2.24, 2.45) is 5.10 Å². The van der Waals surface area contributed by atoms with Gasteiger partial charge in [-0.15, -0.1) is 0 Å². The number of benzene rings is 4. The molecule has 0 bridgehead atoms. The predicted molar refractivity (Wildman–Crippen MR) is 198 cm³/mol. The number of carbonyl (C=O) groups is 1. The summed E-state index contributed by atoms with van der Waals surface area (Å²) in [6.45, 7) is 10.4. The Morgan fingerprint density at radius 2 is 1.67 bits per heavy atom. The number of anilines is 1. The molecular formula is C37H35Br2FN4O5. The number of nitrogens with one attached hydrogen (secondary N) is 1. The highest BCUT2D eigenvalue weighted by Gasteiger charge is 2.21. The summed E-state index contributed by atoms with van der Waals surface area (Å²) in [5, 5.41) is 7.78. The molecule has 0 aliphatic carbocycles. The number of aryl methyl sites for hydroxylation is 1. The summed E-state index contributed by atoms with van der Waals surface area (Å²) >= 11 is 7.18. The molecule has 4 aromatic carbocycles. The summed E-state index contributed by atoms with van der Waals surface area (Å²) in [6.07, 6.45) is 1.54. The first kappa shape index (κ1) is 35.7. The lowest BCUT2D eigenvalue weighted by atomic mass is 9.96. The number of fused-ring (bicyclic) bond motifs is 1. The van der Waals surface area contributed by atoms with E-state index >= 15 is 0 Å². The van der Waals surface area contributed by atoms with Crippen LogP contribution in [0.25, 0.3) is 22.3 Å². The predicted octanol–water partition coefficient (Wildman–Crippen LogP) is 8.86. The van der Waals surface area contributed by atoms with E-state index in [1.54, 1.807) is 18.2 Å². The zero-order valence-corrected chi connectivity index (χ0v) is 30.8. The summed E-state index contributed by atoms with van der Waals surface area (Å²) in [5.74, 6) is 1.13. The van der Waals surface area contributed by atoms with Gasteiger partial charge in [0.2, 0.25) is 0 Å². The number of nitrogens with zero attached hydrogens (tertiary/aromatic N) is 3. The molecule has 9 nitrogen and oxygen atoms in total. The molecule has 0 aliphatic rings. The van der Waals surface area contributed by atoms with Gasteiger partial charge in [-0.05, 0) is 124 Å². The lowest BCUT2D eigenvalue weighted by Gasteiger charge is -2.18. The fourth-order valence-electron chi connectivity index (χ4n) is 5.16. The maximum absolute atomic E-state index is 14.0. The Morgan fingerprint density at radius 3 is 2.37 bits per heavy atom. The van der Waals surface area contributed by atoms with E-state index in [0.717, 1.165) is 22.4 Å². The number of carbonyl (C=O) groups excluding carboxylic acids is 1. The molecule has 0 saturated heterocycles. The molecule has 1 aromatic heterocycles. The number of ether oxygens (including phenoxy) is 3. The van der Waals surface area contributed by atoms with E-state index in [1.165, 1.54) is 35.2 Å². The number of hydrogen-bond acceptors (Lipinski definition) is 7. The van der Waals surface area contributed by atoms with Crippen LogP contribution >= 0.6 is 31.9 Å². The number of para-hydroxylation sites is 1. The fraction of sp³-hybridized carbons (Fsp3) is 0.243. The first-order chi connectivity index (χ1) is 23.5. The van der Waals surface area contributed by atoms with Crippen molar-refractivity contribution < 1.29 is 23.4 Å². The van der Waals surface area contributed by atoms with Crippen LogP contribution in [-0.4, -0.2) is 41.6 Å². The Bertz CT molecular complexity index is 2100. The quantitative estimate of drug-likeness (QED) is 0.127. The van der Waals surface area contributed by atoms with Gasteiger partial charge in [-0.25, -0.2) is 9.37 Å². The molecule has 1 heterocycles. The van der Waals surface area contributed by atoms with Crippen molar-refractivity contribution in [1.82, 2.24) is 9.66 Å². The van der Waals surface area contributed by atoms with Crippen LogP contribution in [0.2, 0.25) is 0 Å². The number of aromatic nitrogens is 2. The topological polar surface area (TPSA) is 104 Å².